The van der Waals surface area contributed by atoms with Crippen molar-refractivity contribution in [1.29, 1.82) is 0 Å². The van der Waals surface area contributed by atoms with Crippen LogP contribution in [0.25, 0.3) is 0 Å². The Kier molecular flexibility index (Phi) is 2.00. The van der Waals surface area contributed by atoms with Crippen molar-refractivity contribution >= 4 is 5.91 Å². The maximum absolute atomic E-state index is 11.6. The summed E-state index contributed by atoms with van der Waals surface area (Å²) in [6.45, 7) is 0. The van der Waals surface area contributed by atoms with Crippen molar-refractivity contribution in [3.8, 4) is 0 Å². The van der Waals surface area contributed by atoms with Gasteiger partial charge >= 0.3 is 0 Å². The van der Waals surface area contributed by atoms with Gasteiger partial charge in [0.2, 0.25) is 5.82 Å². The third kappa shape index (κ3) is 1.41. The predicted molar refractivity (Wildman–Crippen MR) is 46.1 cm³/mol. The maximum atomic E-state index is 11.6. The molecule has 5 heteroatoms. The van der Waals surface area contributed by atoms with Gasteiger partial charge < -0.3 is 4.90 Å². The van der Waals surface area contributed by atoms with E-state index in [0.29, 0.717) is 11.9 Å². The zero-order valence-corrected chi connectivity index (χ0v) is 7.53. The summed E-state index contributed by atoms with van der Waals surface area (Å²) in [5.41, 5.74) is 0. The standard InChI is InChI=1S/C8H12N4O/c1-12(6-3-2-4-6)8(13)7-9-5-10-11-7/h5-6H,2-4H2,1H3,(H,9,10,11). The second-order valence-electron chi connectivity index (χ2n) is 3.33. The van der Waals surface area contributed by atoms with Gasteiger partial charge in [0, 0.05) is 13.1 Å². The number of aromatic nitrogens is 3. The normalized spacial score (nSPS) is 16.7. The van der Waals surface area contributed by atoms with E-state index in [9.17, 15) is 4.79 Å². The molecule has 0 radical (unpaired) electrons. The maximum Gasteiger partial charge on any atom is 0.291 e. The van der Waals surface area contributed by atoms with Gasteiger partial charge in [-0.25, -0.2) is 4.98 Å². The van der Waals surface area contributed by atoms with E-state index in [2.05, 4.69) is 15.2 Å². The number of carbonyl (C=O) groups excluding carboxylic acids is 1. The van der Waals surface area contributed by atoms with Crippen LogP contribution in [0.2, 0.25) is 0 Å². The molecule has 5 nitrogen and oxygen atoms in total. The van der Waals surface area contributed by atoms with Crippen molar-refractivity contribution in [2.24, 2.45) is 0 Å². The highest BCUT2D eigenvalue weighted by molar-refractivity contribution is 5.90. The first-order valence-electron chi connectivity index (χ1n) is 4.41. The summed E-state index contributed by atoms with van der Waals surface area (Å²) in [5.74, 6) is 0.261. The monoisotopic (exact) mass is 180 g/mol. The quantitative estimate of drug-likeness (QED) is 0.717. The van der Waals surface area contributed by atoms with Crippen LogP contribution in [0.15, 0.2) is 6.33 Å². The molecular formula is C8H12N4O. The minimum atomic E-state index is -0.0674. The van der Waals surface area contributed by atoms with E-state index in [1.54, 1.807) is 4.90 Å². The number of hydrogen-bond donors (Lipinski definition) is 1. The molecule has 1 saturated carbocycles. The number of H-pyrrole nitrogens is 1. The van der Waals surface area contributed by atoms with Crippen LogP contribution in [-0.4, -0.2) is 39.1 Å². The predicted octanol–water partition coefficient (Wildman–Crippen LogP) is 0.429. The first-order valence-corrected chi connectivity index (χ1v) is 4.41. The van der Waals surface area contributed by atoms with Crippen LogP contribution >= 0.6 is 0 Å². The second kappa shape index (κ2) is 3.16. The fraction of sp³-hybridized carbons (Fsp3) is 0.625. The van der Waals surface area contributed by atoms with Crippen molar-refractivity contribution in [3.05, 3.63) is 12.2 Å². The van der Waals surface area contributed by atoms with E-state index in [4.69, 9.17) is 0 Å². The van der Waals surface area contributed by atoms with E-state index >= 15 is 0 Å². The molecule has 70 valence electrons. The Hall–Kier alpha value is -1.39. The lowest BCUT2D eigenvalue weighted by Gasteiger charge is -2.34. The molecule has 13 heavy (non-hydrogen) atoms. The molecule has 0 bridgehead atoms. The third-order valence-corrected chi connectivity index (χ3v) is 2.56. The van der Waals surface area contributed by atoms with Crippen molar-refractivity contribution < 1.29 is 4.79 Å². The molecule has 2 rings (SSSR count). The van der Waals surface area contributed by atoms with Crippen LogP contribution in [0.4, 0.5) is 0 Å². The molecule has 0 aliphatic heterocycles. The molecule has 1 N–H and O–H groups in total. The van der Waals surface area contributed by atoms with Gasteiger partial charge in [0.1, 0.15) is 6.33 Å². The number of rotatable bonds is 2. The second-order valence-corrected chi connectivity index (χ2v) is 3.33. The van der Waals surface area contributed by atoms with Crippen molar-refractivity contribution in [3.63, 3.8) is 0 Å². The lowest BCUT2D eigenvalue weighted by molar-refractivity contribution is 0.0640. The van der Waals surface area contributed by atoms with Crippen molar-refractivity contribution in [2.45, 2.75) is 25.3 Å². The smallest absolute Gasteiger partial charge is 0.291 e. The Morgan fingerprint density at radius 1 is 1.69 bits per heavy atom. The molecular weight excluding hydrogens is 168 g/mol. The molecule has 1 aromatic rings. The van der Waals surface area contributed by atoms with Crippen LogP contribution in [0, 0.1) is 0 Å². The summed E-state index contributed by atoms with van der Waals surface area (Å²) in [4.78, 5) is 17.2. The van der Waals surface area contributed by atoms with E-state index in [1.165, 1.54) is 12.7 Å². The summed E-state index contributed by atoms with van der Waals surface area (Å²) in [6.07, 6.45) is 4.79. The molecule has 1 amide bonds. The highest BCUT2D eigenvalue weighted by Crippen LogP contribution is 2.24. The fourth-order valence-electron chi connectivity index (χ4n) is 1.42. The minimum absolute atomic E-state index is 0.0674. The van der Waals surface area contributed by atoms with E-state index < -0.39 is 0 Å². The number of nitrogens with one attached hydrogen (secondary N) is 1. The van der Waals surface area contributed by atoms with Crippen LogP contribution in [-0.2, 0) is 0 Å². The summed E-state index contributed by atoms with van der Waals surface area (Å²) >= 11 is 0. The summed E-state index contributed by atoms with van der Waals surface area (Å²) in [6, 6.07) is 0.401. The van der Waals surface area contributed by atoms with Crippen molar-refractivity contribution in [1.82, 2.24) is 20.1 Å². The van der Waals surface area contributed by atoms with E-state index in [-0.39, 0.29) is 5.91 Å². The van der Waals surface area contributed by atoms with Gasteiger partial charge in [-0.3, -0.25) is 9.89 Å². The van der Waals surface area contributed by atoms with Gasteiger partial charge in [0.25, 0.3) is 5.91 Å². The number of carbonyl (C=O) groups is 1. The summed E-state index contributed by atoms with van der Waals surface area (Å²) < 4.78 is 0. The van der Waals surface area contributed by atoms with E-state index in [1.807, 2.05) is 7.05 Å². The molecule has 0 saturated heterocycles. The molecule has 1 fully saturated rings. The Bertz CT molecular complexity index is 291. The SMILES string of the molecule is CN(C(=O)c1ncn[nH]1)C1CCC1. The fourth-order valence-corrected chi connectivity index (χ4v) is 1.42. The highest BCUT2D eigenvalue weighted by Gasteiger charge is 2.27. The molecule has 1 aliphatic carbocycles. The Morgan fingerprint density at radius 3 is 2.92 bits per heavy atom. The van der Waals surface area contributed by atoms with Crippen LogP contribution in [0.1, 0.15) is 29.9 Å². The molecule has 1 heterocycles. The average molecular weight is 180 g/mol. The average Bonchev–Trinajstić information content (AvgIpc) is 2.51. The van der Waals surface area contributed by atoms with Gasteiger partial charge in [-0.1, -0.05) is 0 Å². The molecule has 0 atom stereocenters. The summed E-state index contributed by atoms with van der Waals surface area (Å²) in [7, 11) is 1.81. The van der Waals surface area contributed by atoms with Crippen LogP contribution in [0.3, 0.4) is 0 Å². The zero-order valence-electron chi connectivity index (χ0n) is 7.53. The number of aromatic amines is 1. The first-order chi connectivity index (χ1) is 6.29. The zero-order chi connectivity index (χ0) is 9.26. The lowest BCUT2D eigenvalue weighted by atomic mass is 9.92. The first kappa shape index (κ1) is 8.22. The number of nitrogens with zero attached hydrogens (tertiary/aromatic N) is 3. The summed E-state index contributed by atoms with van der Waals surface area (Å²) in [5, 5.41) is 6.21. The van der Waals surface area contributed by atoms with Gasteiger partial charge in [0.05, 0.1) is 0 Å². The molecule has 0 aromatic carbocycles. The Morgan fingerprint density at radius 2 is 2.46 bits per heavy atom. The number of amides is 1. The third-order valence-electron chi connectivity index (χ3n) is 2.56. The molecule has 1 aliphatic rings. The lowest BCUT2D eigenvalue weighted by Crippen LogP contribution is -2.41. The van der Waals surface area contributed by atoms with Crippen LogP contribution < -0.4 is 0 Å². The van der Waals surface area contributed by atoms with Gasteiger partial charge in [-0.05, 0) is 19.3 Å². The minimum Gasteiger partial charge on any atom is -0.336 e. The van der Waals surface area contributed by atoms with Gasteiger partial charge in [0.15, 0.2) is 0 Å². The molecule has 1 aromatic heterocycles. The Balaban J connectivity index is 2.04. The van der Waals surface area contributed by atoms with Crippen LogP contribution in [0.5, 0.6) is 0 Å². The largest absolute Gasteiger partial charge is 0.336 e. The topological polar surface area (TPSA) is 61.9 Å². The Labute approximate surface area is 76.2 Å². The molecule has 0 unspecified atom stereocenters. The van der Waals surface area contributed by atoms with Gasteiger partial charge in [-0.2, -0.15) is 5.10 Å². The molecule has 0 spiro atoms. The van der Waals surface area contributed by atoms with Crippen molar-refractivity contribution in [2.75, 3.05) is 7.05 Å². The highest BCUT2D eigenvalue weighted by atomic mass is 16.2. The van der Waals surface area contributed by atoms with Gasteiger partial charge in [-0.15, -0.1) is 0 Å². The number of hydrogen-bond acceptors (Lipinski definition) is 3. The van der Waals surface area contributed by atoms with E-state index in [0.717, 1.165) is 12.8 Å².